The van der Waals surface area contributed by atoms with E-state index in [4.69, 9.17) is 16.3 Å². The second-order valence-electron chi connectivity index (χ2n) is 6.87. The third-order valence-electron chi connectivity index (χ3n) is 4.99. The Labute approximate surface area is 178 Å². The zero-order valence-corrected chi connectivity index (χ0v) is 18.2. The molecule has 0 aromatic heterocycles. The van der Waals surface area contributed by atoms with Gasteiger partial charge in [-0.15, -0.1) is 0 Å². The predicted octanol–water partition coefficient (Wildman–Crippen LogP) is 6.57. The molecule has 0 bridgehead atoms. The lowest BCUT2D eigenvalue weighted by atomic mass is 10.1. The topological polar surface area (TPSA) is 15.7 Å². The zero-order chi connectivity index (χ0) is 20.1. The fourth-order valence-electron chi connectivity index (χ4n) is 3.61. The van der Waals surface area contributed by atoms with Gasteiger partial charge in [0.1, 0.15) is 6.10 Å². The first-order chi connectivity index (χ1) is 14.2. The molecule has 3 aromatic carbocycles. The summed E-state index contributed by atoms with van der Waals surface area (Å²) in [7, 11) is 0. The lowest BCUT2D eigenvalue weighted by molar-refractivity contribution is 0.283. The van der Waals surface area contributed by atoms with E-state index in [1.54, 1.807) is 0 Å². The Kier molecular flexibility index (Phi) is 6.15. The van der Waals surface area contributed by atoms with Crippen molar-refractivity contribution in [3.63, 3.8) is 0 Å². The molecule has 5 heteroatoms. The molecule has 3 aromatic rings. The molecule has 1 atom stereocenters. The maximum absolute atomic E-state index is 6.85. The highest BCUT2D eigenvalue weighted by Crippen LogP contribution is 2.63. The second-order valence-corrected chi connectivity index (χ2v) is 10.5. The lowest BCUT2D eigenvalue weighted by Gasteiger charge is -2.37. The summed E-state index contributed by atoms with van der Waals surface area (Å²) >= 11 is 6.37. The molecule has 1 fully saturated rings. The summed E-state index contributed by atoms with van der Waals surface area (Å²) in [5, 5.41) is 0. The largest absolute Gasteiger partial charge is 0.306 e. The van der Waals surface area contributed by atoms with Crippen molar-refractivity contribution in [2.75, 3.05) is 22.4 Å². The third-order valence-corrected chi connectivity index (χ3v) is 9.01. The van der Waals surface area contributed by atoms with E-state index in [0.717, 1.165) is 30.0 Å². The van der Waals surface area contributed by atoms with E-state index < -0.39 is 6.57 Å². The molecule has 1 unspecified atom stereocenters. The molecule has 1 heterocycles. The minimum Gasteiger partial charge on any atom is -0.306 e. The summed E-state index contributed by atoms with van der Waals surface area (Å²) in [5.74, 6) is 0. The van der Waals surface area contributed by atoms with Crippen molar-refractivity contribution >= 4 is 29.7 Å². The summed E-state index contributed by atoms with van der Waals surface area (Å²) in [6, 6.07) is 31.1. The van der Waals surface area contributed by atoms with Gasteiger partial charge in [0.2, 0.25) is 0 Å². The van der Waals surface area contributed by atoms with Gasteiger partial charge in [0.15, 0.2) is 0 Å². The molecule has 0 N–H and O–H groups in total. The summed E-state index contributed by atoms with van der Waals surface area (Å²) < 4.78 is 11.4. The molecule has 0 aliphatic carbocycles. The number of hydrogen-bond donors (Lipinski definition) is 0. The molecule has 4 rings (SSSR count). The highest BCUT2D eigenvalue weighted by atomic mass is 32.5. The molecule has 1 aliphatic rings. The van der Waals surface area contributed by atoms with Crippen LogP contribution in [-0.2, 0) is 16.3 Å². The SMILES string of the molecule is C/C=C/C(OP1(=S)N(c2ccccc2)CCN1c1ccccc1)c1ccccc1. The maximum Gasteiger partial charge on any atom is 0.255 e. The van der Waals surface area contributed by atoms with Crippen molar-refractivity contribution in [1.29, 1.82) is 0 Å². The van der Waals surface area contributed by atoms with Crippen LogP contribution in [0.25, 0.3) is 0 Å². The summed E-state index contributed by atoms with van der Waals surface area (Å²) in [6.45, 7) is 1.17. The van der Waals surface area contributed by atoms with Crippen molar-refractivity contribution in [1.82, 2.24) is 0 Å². The average Bonchev–Trinajstić information content (AvgIpc) is 3.12. The van der Waals surface area contributed by atoms with Crippen molar-refractivity contribution in [2.24, 2.45) is 0 Å². The predicted molar refractivity (Wildman–Crippen MR) is 127 cm³/mol. The van der Waals surface area contributed by atoms with Gasteiger partial charge in [0.25, 0.3) is 6.57 Å². The standard InChI is InChI=1S/C24H25N2OPS/c1-2-12-24(21-13-6-3-7-14-21)27-28(29)25(22-15-8-4-9-16-22)19-20-26(28)23-17-10-5-11-18-23/h2-18,24H,19-20H2,1H3/b12-2+. The van der Waals surface area contributed by atoms with E-state index in [9.17, 15) is 0 Å². The minimum atomic E-state index is -2.54. The third kappa shape index (κ3) is 4.16. The highest BCUT2D eigenvalue weighted by Gasteiger charge is 2.42. The number of nitrogens with zero attached hydrogens (tertiary/aromatic N) is 2. The van der Waals surface area contributed by atoms with E-state index in [1.165, 1.54) is 0 Å². The first-order valence-corrected chi connectivity index (χ1v) is 12.5. The van der Waals surface area contributed by atoms with Crippen LogP contribution in [0.1, 0.15) is 18.6 Å². The molecule has 29 heavy (non-hydrogen) atoms. The number of para-hydroxylation sites is 2. The van der Waals surface area contributed by atoms with Gasteiger partial charge in [-0.25, -0.2) is 0 Å². The smallest absolute Gasteiger partial charge is 0.255 e. The van der Waals surface area contributed by atoms with Gasteiger partial charge in [0.05, 0.1) is 0 Å². The molecule has 1 aliphatic heterocycles. The normalized spacial score (nSPS) is 17.0. The molecular weight excluding hydrogens is 395 g/mol. The number of anilines is 2. The van der Waals surface area contributed by atoms with Gasteiger partial charge in [-0.2, -0.15) is 0 Å². The molecule has 0 saturated carbocycles. The van der Waals surface area contributed by atoms with Crippen LogP contribution in [-0.4, -0.2) is 13.1 Å². The van der Waals surface area contributed by atoms with E-state index in [1.807, 2.05) is 43.3 Å². The Morgan fingerprint density at radius 2 is 1.24 bits per heavy atom. The highest BCUT2D eigenvalue weighted by molar-refractivity contribution is 8.13. The van der Waals surface area contributed by atoms with Gasteiger partial charge in [0, 0.05) is 24.5 Å². The molecule has 0 amide bonds. The Hall–Kier alpha value is -2.39. The van der Waals surface area contributed by atoms with Crippen LogP contribution in [0, 0.1) is 0 Å². The quantitative estimate of drug-likeness (QED) is 0.331. The van der Waals surface area contributed by atoms with Crippen molar-refractivity contribution in [3.05, 3.63) is 109 Å². The van der Waals surface area contributed by atoms with Gasteiger partial charge in [-0.05, 0) is 48.6 Å². The van der Waals surface area contributed by atoms with Crippen LogP contribution in [0.15, 0.2) is 103 Å². The van der Waals surface area contributed by atoms with E-state index >= 15 is 0 Å². The molecule has 148 valence electrons. The number of hydrogen-bond acceptors (Lipinski definition) is 2. The summed E-state index contributed by atoms with van der Waals surface area (Å²) in [6.07, 6.45) is 3.94. The van der Waals surface area contributed by atoms with Crippen LogP contribution in [0.5, 0.6) is 0 Å². The monoisotopic (exact) mass is 420 g/mol. The van der Waals surface area contributed by atoms with Crippen molar-refractivity contribution in [2.45, 2.75) is 13.0 Å². The first kappa shape index (κ1) is 19.9. The Balaban J connectivity index is 1.77. The van der Waals surface area contributed by atoms with E-state index in [2.05, 4.69) is 76.1 Å². The van der Waals surface area contributed by atoms with Crippen molar-refractivity contribution < 1.29 is 4.52 Å². The van der Waals surface area contributed by atoms with Gasteiger partial charge >= 0.3 is 0 Å². The van der Waals surface area contributed by atoms with Crippen molar-refractivity contribution in [3.8, 4) is 0 Å². The molecule has 1 saturated heterocycles. The lowest BCUT2D eigenvalue weighted by Crippen LogP contribution is -2.22. The fourth-order valence-corrected chi connectivity index (χ4v) is 7.45. The second kappa shape index (κ2) is 8.96. The van der Waals surface area contributed by atoms with Gasteiger partial charge in [-0.3, -0.25) is 0 Å². The molecule has 0 spiro atoms. The van der Waals surface area contributed by atoms with Crippen LogP contribution in [0.4, 0.5) is 11.4 Å². The zero-order valence-electron chi connectivity index (χ0n) is 16.5. The number of rotatable bonds is 6. The Bertz CT molecular complexity index is 944. The molecule has 3 nitrogen and oxygen atoms in total. The first-order valence-electron chi connectivity index (χ1n) is 9.85. The number of allylic oxidation sites excluding steroid dienone is 1. The minimum absolute atomic E-state index is 0.192. The van der Waals surface area contributed by atoms with Gasteiger partial charge < -0.3 is 13.9 Å². The molecular formula is C24H25N2OPS. The maximum atomic E-state index is 6.85. The van der Waals surface area contributed by atoms with Crippen LogP contribution in [0.3, 0.4) is 0 Å². The Morgan fingerprint density at radius 3 is 1.69 bits per heavy atom. The Morgan fingerprint density at radius 1 is 0.793 bits per heavy atom. The average molecular weight is 421 g/mol. The van der Waals surface area contributed by atoms with E-state index in [0.29, 0.717) is 0 Å². The van der Waals surface area contributed by atoms with E-state index in [-0.39, 0.29) is 6.10 Å². The van der Waals surface area contributed by atoms with Crippen LogP contribution < -0.4 is 9.34 Å². The summed E-state index contributed by atoms with van der Waals surface area (Å²) in [5.41, 5.74) is 3.34. The summed E-state index contributed by atoms with van der Waals surface area (Å²) in [4.78, 5) is 0. The molecule has 0 radical (unpaired) electrons. The number of benzene rings is 3. The van der Waals surface area contributed by atoms with Crippen LogP contribution >= 0.6 is 6.57 Å². The van der Waals surface area contributed by atoms with Gasteiger partial charge in [-0.1, -0.05) is 78.9 Å². The fraction of sp³-hybridized carbons (Fsp3) is 0.167. The van der Waals surface area contributed by atoms with Crippen LogP contribution in [0.2, 0.25) is 0 Å².